The number of methoxy groups -OCH3 is 1. The fraction of sp³-hybridized carbons (Fsp3) is 0.333. The van der Waals surface area contributed by atoms with Gasteiger partial charge in [0.2, 0.25) is 5.91 Å². The average molecular weight is 486 g/mol. The highest BCUT2D eigenvalue weighted by Gasteiger charge is 2.11. The highest BCUT2D eigenvalue weighted by molar-refractivity contribution is 5.78. The molecule has 4 aromatic rings. The molecule has 4 rings (SSSR count). The molecule has 36 heavy (non-hydrogen) atoms. The zero-order chi connectivity index (χ0) is 25.3. The third-order valence-electron chi connectivity index (χ3n) is 6.29. The van der Waals surface area contributed by atoms with Crippen molar-refractivity contribution in [2.75, 3.05) is 20.3 Å². The number of fused-ring (bicyclic) bond motifs is 1. The summed E-state index contributed by atoms with van der Waals surface area (Å²) in [7, 11) is 1.63. The Hall–Kier alpha value is -3.80. The molecule has 0 atom stereocenters. The Morgan fingerprint density at radius 1 is 1.00 bits per heavy atom. The van der Waals surface area contributed by atoms with Gasteiger partial charge in [-0.2, -0.15) is 0 Å². The third kappa shape index (κ3) is 6.66. The van der Waals surface area contributed by atoms with E-state index in [1.54, 1.807) is 7.11 Å². The lowest BCUT2D eigenvalue weighted by atomic mass is 10.1. The fourth-order valence-corrected chi connectivity index (χ4v) is 4.39. The predicted molar refractivity (Wildman–Crippen MR) is 144 cm³/mol. The van der Waals surface area contributed by atoms with Gasteiger partial charge in [-0.15, -0.1) is 0 Å². The quantitative estimate of drug-likeness (QED) is 0.272. The smallest absolute Gasteiger partial charge is 0.224 e. The van der Waals surface area contributed by atoms with Gasteiger partial charge < -0.3 is 19.4 Å². The van der Waals surface area contributed by atoms with Crippen LogP contribution in [0.1, 0.15) is 35.4 Å². The van der Waals surface area contributed by atoms with Gasteiger partial charge in [0.25, 0.3) is 0 Å². The molecular formula is C30H35N3O3. The van der Waals surface area contributed by atoms with E-state index in [9.17, 15) is 4.79 Å². The Bertz CT molecular complexity index is 1290. The standard InChI is InChI=1S/C30H35N3O3/c1-22-10-15-28(23(2)20-22)36-19-7-6-18-33-27-9-5-4-8-26(27)32-29(33)16-17-31-30(34)21-24-11-13-25(35-3)14-12-24/h4-5,8-15,20H,6-7,16-19,21H2,1-3H3,(H,31,34). The number of para-hydroxylation sites is 2. The number of aromatic nitrogens is 2. The van der Waals surface area contributed by atoms with E-state index in [1.807, 2.05) is 42.5 Å². The Labute approximate surface area is 213 Å². The molecule has 0 spiro atoms. The monoisotopic (exact) mass is 485 g/mol. The Balaban J connectivity index is 1.29. The van der Waals surface area contributed by atoms with E-state index in [-0.39, 0.29) is 5.91 Å². The van der Waals surface area contributed by atoms with Crippen molar-refractivity contribution in [1.82, 2.24) is 14.9 Å². The number of carbonyl (C=O) groups excluding carboxylic acids is 1. The van der Waals surface area contributed by atoms with Crippen LogP contribution in [0.15, 0.2) is 66.7 Å². The molecule has 1 aromatic heterocycles. The summed E-state index contributed by atoms with van der Waals surface area (Å²) < 4.78 is 13.5. The molecule has 0 saturated heterocycles. The lowest BCUT2D eigenvalue weighted by molar-refractivity contribution is -0.120. The van der Waals surface area contributed by atoms with Crippen LogP contribution in [-0.4, -0.2) is 35.7 Å². The van der Waals surface area contributed by atoms with Crippen LogP contribution in [-0.2, 0) is 24.2 Å². The Morgan fingerprint density at radius 3 is 2.58 bits per heavy atom. The average Bonchev–Trinajstić information content (AvgIpc) is 3.22. The van der Waals surface area contributed by atoms with E-state index in [4.69, 9.17) is 14.5 Å². The van der Waals surface area contributed by atoms with Gasteiger partial charge in [-0.25, -0.2) is 4.98 Å². The molecule has 1 heterocycles. The number of ether oxygens (including phenoxy) is 2. The van der Waals surface area contributed by atoms with Gasteiger partial charge in [0, 0.05) is 19.5 Å². The summed E-state index contributed by atoms with van der Waals surface area (Å²) in [6, 6.07) is 22.1. The van der Waals surface area contributed by atoms with Gasteiger partial charge >= 0.3 is 0 Å². The van der Waals surface area contributed by atoms with Crippen molar-refractivity contribution in [2.24, 2.45) is 0 Å². The topological polar surface area (TPSA) is 65.4 Å². The minimum Gasteiger partial charge on any atom is -0.497 e. The predicted octanol–water partition coefficient (Wildman–Crippen LogP) is 5.42. The molecule has 3 aromatic carbocycles. The Kier molecular flexibility index (Phi) is 8.61. The molecule has 0 radical (unpaired) electrons. The van der Waals surface area contributed by atoms with Gasteiger partial charge in [-0.05, 0) is 68.1 Å². The van der Waals surface area contributed by atoms with Crippen LogP contribution in [0.2, 0.25) is 0 Å². The molecule has 0 unspecified atom stereocenters. The van der Waals surface area contributed by atoms with Crippen molar-refractivity contribution in [3.63, 3.8) is 0 Å². The number of unbranched alkanes of at least 4 members (excludes halogenated alkanes) is 1. The van der Waals surface area contributed by atoms with Crippen LogP contribution >= 0.6 is 0 Å². The second kappa shape index (κ2) is 12.2. The summed E-state index contributed by atoms with van der Waals surface area (Å²) in [5, 5.41) is 3.04. The van der Waals surface area contributed by atoms with Crippen molar-refractivity contribution in [3.05, 3.63) is 89.2 Å². The van der Waals surface area contributed by atoms with Gasteiger partial charge in [-0.1, -0.05) is 42.0 Å². The van der Waals surface area contributed by atoms with E-state index < -0.39 is 0 Å². The summed E-state index contributed by atoms with van der Waals surface area (Å²) in [5.74, 6) is 2.75. The van der Waals surface area contributed by atoms with Crippen molar-refractivity contribution >= 4 is 16.9 Å². The molecular weight excluding hydrogens is 450 g/mol. The zero-order valence-corrected chi connectivity index (χ0v) is 21.4. The molecule has 6 nitrogen and oxygen atoms in total. The molecule has 6 heteroatoms. The first kappa shape index (κ1) is 25.3. The van der Waals surface area contributed by atoms with E-state index in [0.717, 1.165) is 53.3 Å². The highest BCUT2D eigenvalue weighted by atomic mass is 16.5. The molecule has 1 amide bonds. The molecule has 0 aliphatic carbocycles. The molecule has 0 saturated carbocycles. The van der Waals surface area contributed by atoms with Crippen LogP contribution in [0.25, 0.3) is 11.0 Å². The highest BCUT2D eigenvalue weighted by Crippen LogP contribution is 2.20. The van der Waals surface area contributed by atoms with E-state index in [1.165, 1.54) is 11.1 Å². The largest absolute Gasteiger partial charge is 0.497 e. The molecule has 0 bridgehead atoms. The minimum absolute atomic E-state index is 0.00590. The molecule has 0 aliphatic heterocycles. The van der Waals surface area contributed by atoms with Gasteiger partial charge in [0.1, 0.15) is 17.3 Å². The number of hydrogen-bond acceptors (Lipinski definition) is 4. The number of aryl methyl sites for hydroxylation is 3. The first-order valence-electron chi connectivity index (χ1n) is 12.6. The van der Waals surface area contributed by atoms with E-state index in [0.29, 0.717) is 26.0 Å². The minimum atomic E-state index is 0.00590. The molecule has 188 valence electrons. The Morgan fingerprint density at radius 2 is 1.81 bits per heavy atom. The van der Waals surface area contributed by atoms with E-state index in [2.05, 4.69) is 48.0 Å². The van der Waals surface area contributed by atoms with Gasteiger partial charge in [0.05, 0.1) is 31.2 Å². The lowest BCUT2D eigenvalue weighted by Crippen LogP contribution is -2.28. The van der Waals surface area contributed by atoms with Crippen LogP contribution in [0.5, 0.6) is 11.5 Å². The second-order valence-corrected chi connectivity index (χ2v) is 9.12. The summed E-state index contributed by atoms with van der Waals surface area (Å²) >= 11 is 0. The van der Waals surface area contributed by atoms with Gasteiger partial charge in [0.15, 0.2) is 0 Å². The normalized spacial score (nSPS) is 11.0. The maximum atomic E-state index is 12.4. The molecule has 0 fully saturated rings. The second-order valence-electron chi connectivity index (χ2n) is 9.12. The number of imidazole rings is 1. The third-order valence-corrected chi connectivity index (χ3v) is 6.29. The number of rotatable bonds is 12. The summed E-state index contributed by atoms with van der Waals surface area (Å²) in [4.78, 5) is 17.3. The number of nitrogens with one attached hydrogen (secondary N) is 1. The molecule has 1 N–H and O–H groups in total. The SMILES string of the molecule is COc1ccc(CC(=O)NCCc2nc3ccccc3n2CCCCOc2ccc(C)cc2C)cc1. The van der Waals surface area contributed by atoms with Crippen LogP contribution in [0.4, 0.5) is 0 Å². The fourth-order valence-electron chi connectivity index (χ4n) is 4.39. The number of hydrogen-bond donors (Lipinski definition) is 1. The van der Waals surface area contributed by atoms with Crippen LogP contribution < -0.4 is 14.8 Å². The number of amides is 1. The maximum Gasteiger partial charge on any atom is 0.224 e. The lowest BCUT2D eigenvalue weighted by Gasteiger charge is -2.12. The molecule has 0 aliphatic rings. The zero-order valence-electron chi connectivity index (χ0n) is 21.4. The number of carbonyl (C=O) groups is 1. The van der Waals surface area contributed by atoms with Crippen molar-refractivity contribution < 1.29 is 14.3 Å². The van der Waals surface area contributed by atoms with Crippen molar-refractivity contribution in [2.45, 2.75) is 46.1 Å². The summed E-state index contributed by atoms with van der Waals surface area (Å²) in [5.41, 5.74) is 5.50. The van der Waals surface area contributed by atoms with Crippen LogP contribution in [0.3, 0.4) is 0 Å². The number of benzene rings is 3. The van der Waals surface area contributed by atoms with Crippen LogP contribution in [0, 0.1) is 13.8 Å². The maximum absolute atomic E-state index is 12.4. The number of nitrogens with zero attached hydrogens (tertiary/aromatic N) is 2. The summed E-state index contributed by atoms with van der Waals surface area (Å²) in [6.07, 6.45) is 2.98. The van der Waals surface area contributed by atoms with Crippen molar-refractivity contribution in [1.29, 1.82) is 0 Å². The summed E-state index contributed by atoms with van der Waals surface area (Å²) in [6.45, 7) is 6.28. The first-order valence-corrected chi connectivity index (χ1v) is 12.6. The van der Waals surface area contributed by atoms with Gasteiger partial charge in [-0.3, -0.25) is 4.79 Å². The van der Waals surface area contributed by atoms with E-state index >= 15 is 0 Å². The first-order chi connectivity index (χ1) is 17.5. The van der Waals surface area contributed by atoms with Crippen molar-refractivity contribution in [3.8, 4) is 11.5 Å².